The van der Waals surface area contributed by atoms with Gasteiger partial charge in [0.05, 0.1) is 18.9 Å². The fraction of sp³-hybridized carbons (Fsp3) is 0.222. The number of hydrogen-bond acceptors (Lipinski definition) is 4. The monoisotopic (exact) mass is 359 g/mol. The molecule has 2 aromatic rings. The molecule has 3 rings (SSSR count). The van der Waals surface area contributed by atoms with Crippen LogP contribution in [0.1, 0.15) is 18.9 Å². The predicted octanol–water partition coefficient (Wildman–Crippen LogP) is 3.70. The Bertz CT molecular complexity index is 793. The van der Waals surface area contributed by atoms with Crippen molar-refractivity contribution < 1.29 is 13.9 Å². The molecule has 0 saturated heterocycles. The zero-order valence-corrected chi connectivity index (χ0v) is 14.5. The third-order valence-corrected chi connectivity index (χ3v) is 3.79. The number of nitrogens with zero attached hydrogens (tertiary/aromatic N) is 1. The van der Waals surface area contributed by atoms with Crippen LogP contribution in [0.3, 0.4) is 0 Å². The summed E-state index contributed by atoms with van der Waals surface area (Å²) in [7, 11) is 0. The van der Waals surface area contributed by atoms with Gasteiger partial charge in [-0.1, -0.05) is 0 Å². The predicted molar refractivity (Wildman–Crippen MR) is 100 cm³/mol. The highest BCUT2D eigenvalue weighted by Gasteiger charge is 2.11. The van der Waals surface area contributed by atoms with E-state index in [0.717, 1.165) is 29.2 Å². The van der Waals surface area contributed by atoms with Gasteiger partial charge in [-0.15, -0.1) is 0 Å². The molecule has 0 aromatic heterocycles. The highest BCUT2D eigenvalue weighted by molar-refractivity contribution is 7.80. The number of halogens is 1. The second-order valence-electron chi connectivity index (χ2n) is 5.48. The summed E-state index contributed by atoms with van der Waals surface area (Å²) < 4.78 is 24.2. The maximum atomic E-state index is 12.9. The average Bonchev–Trinajstić information content (AvgIpc) is 2.86. The molecular weight excluding hydrogens is 341 g/mol. The maximum Gasteiger partial charge on any atom is 0.191 e. The normalized spacial score (nSPS) is 13.8. The Kier molecular flexibility index (Phi) is 5.45. The molecule has 0 atom stereocenters. The SMILES string of the molecule is C/C(=N/NC(=S)Nc1ccc(F)cc1)c1ccc2c(c1)OCCCO2. The first-order valence-corrected chi connectivity index (χ1v) is 8.29. The fourth-order valence-corrected chi connectivity index (χ4v) is 2.44. The quantitative estimate of drug-likeness (QED) is 0.497. The Morgan fingerprint density at radius 3 is 2.56 bits per heavy atom. The second kappa shape index (κ2) is 7.94. The van der Waals surface area contributed by atoms with E-state index in [4.69, 9.17) is 21.7 Å². The lowest BCUT2D eigenvalue weighted by Crippen LogP contribution is -2.24. The second-order valence-corrected chi connectivity index (χ2v) is 5.89. The number of benzene rings is 2. The van der Waals surface area contributed by atoms with Gasteiger partial charge in [0.15, 0.2) is 16.6 Å². The van der Waals surface area contributed by atoms with Gasteiger partial charge in [0.1, 0.15) is 5.82 Å². The fourth-order valence-electron chi connectivity index (χ4n) is 2.28. The molecular formula is C18H18FN3O2S. The number of nitrogens with one attached hydrogen (secondary N) is 2. The van der Waals surface area contributed by atoms with Gasteiger partial charge >= 0.3 is 0 Å². The van der Waals surface area contributed by atoms with E-state index >= 15 is 0 Å². The van der Waals surface area contributed by atoms with Crippen LogP contribution in [-0.4, -0.2) is 24.0 Å². The molecule has 0 unspecified atom stereocenters. The van der Waals surface area contributed by atoms with E-state index in [1.165, 1.54) is 12.1 Å². The van der Waals surface area contributed by atoms with Crippen molar-refractivity contribution in [3.8, 4) is 11.5 Å². The molecule has 1 aliphatic heterocycles. The van der Waals surface area contributed by atoms with Crippen molar-refractivity contribution >= 4 is 28.7 Å². The van der Waals surface area contributed by atoms with E-state index in [2.05, 4.69) is 15.8 Å². The molecule has 0 saturated carbocycles. The van der Waals surface area contributed by atoms with Gasteiger partial charge in [-0.25, -0.2) is 4.39 Å². The Balaban J connectivity index is 1.64. The third kappa shape index (κ3) is 4.67. The van der Waals surface area contributed by atoms with Crippen molar-refractivity contribution in [2.45, 2.75) is 13.3 Å². The minimum absolute atomic E-state index is 0.298. The van der Waals surface area contributed by atoms with Gasteiger partial charge in [-0.2, -0.15) is 5.10 Å². The minimum Gasteiger partial charge on any atom is -0.490 e. The van der Waals surface area contributed by atoms with E-state index in [1.54, 1.807) is 12.1 Å². The summed E-state index contributed by atoms with van der Waals surface area (Å²) in [6, 6.07) is 11.6. The van der Waals surface area contributed by atoms with Gasteiger partial charge in [-0.05, 0) is 61.6 Å². The Morgan fingerprint density at radius 1 is 1.08 bits per heavy atom. The van der Waals surface area contributed by atoms with Crippen molar-refractivity contribution in [1.82, 2.24) is 5.43 Å². The van der Waals surface area contributed by atoms with Gasteiger partial charge in [0.25, 0.3) is 0 Å². The van der Waals surface area contributed by atoms with Crippen LogP contribution in [0.4, 0.5) is 10.1 Å². The van der Waals surface area contributed by atoms with Crippen LogP contribution in [0.5, 0.6) is 11.5 Å². The van der Waals surface area contributed by atoms with Crippen molar-refractivity contribution in [2.24, 2.45) is 5.10 Å². The highest BCUT2D eigenvalue weighted by Crippen LogP contribution is 2.30. The Hall–Kier alpha value is -2.67. The van der Waals surface area contributed by atoms with E-state index in [9.17, 15) is 4.39 Å². The van der Waals surface area contributed by atoms with E-state index in [0.29, 0.717) is 24.0 Å². The van der Waals surface area contributed by atoms with Gasteiger partial charge in [0, 0.05) is 17.7 Å². The standard InChI is InChI=1S/C18H18FN3O2S/c1-12(13-3-8-16-17(11-13)24-10-2-9-23-16)21-22-18(25)20-15-6-4-14(19)5-7-15/h3-8,11H,2,9-10H2,1H3,(H2,20,22,25)/b21-12-. The van der Waals surface area contributed by atoms with Crippen LogP contribution in [0.2, 0.25) is 0 Å². The Morgan fingerprint density at radius 2 is 1.80 bits per heavy atom. The summed E-state index contributed by atoms with van der Waals surface area (Å²) >= 11 is 5.18. The number of thiocarbonyl (C=S) groups is 1. The molecule has 0 radical (unpaired) electrons. The lowest BCUT2D eigenvalue weighted by Gasteiger charge is -2.10. The summed E-state index contributed by atoms with van der Waals surface area (Å²) in [4.78, 5) is 0. The first kappa shape index (κ1) is 17.2. The zero-order chi connectivity index (χ0) is 17.6. The molecule has 1 aliphatic rings. The molecule has 0 amide bonds. The van der Waals surface area contributed by atoms with Crippen LogP contribution >= 0.6 is 12.2 Å². The van der Waals surface area contributed by atoms with E-state index in [1.807, 2.05) is 25.1 Å². The number of hydrogen-bond donors (Lipinski definition) is 2. The molecule has 0 fully saturated rings. The summed E-state index contributed by atoms with van der Waals surface area (Å²) in [6.45, 7) is 3.16. The van der Waals surface area contributed by atoms with Crippen LogP contribution in [0.15, 0.2) is 47.6 Å². The van der Waals surface area contributed by atoms with Crippen molar-refractivity contribution in [3.63, 3.8) is 0 Å². The van der Waals surface area contributed by atoms with Crippen molar-refractivity contribution in [2.75, 3.05) is 18.5 Å². The van der Waals surface area contributed by atoms with Crippen molar-refractivity contribution in [3.05, 3.63) is 53.8 Å². The number of anilines is 1. The molecule has 25 heavy (non-hydrogen) atoms. The molecule has 7 heteroatoms. The van der Waals surface area contributed by atoms with Crippen LogP contribution in [0.25, 0.3) is 0 Å². The first-order valence-electron chi connectivity index (χ1n) is 7.89. The summed E-state index contributed by atoms with van der Waals surface area (Å²) in [5.74, 6) is 1.17. The van der Waals surface area contributed by atoms with Crippen LogP contribution in [0, 0.1) is 5.82 Å². The van der Waals surface area contributed by atoms with Gasteiger partial charge in [-0.3, -0.25) is 5.43 Å². The molecule has 2 N–H and O–H groups in total. The van der Waals surface area contributed by atoms with E-state index < -0.39 is 0 Å². The third-order valence-electron chi connectivity index (χ3n) is 3.59. The molecule has 2 aromatic carbocycles. The summed E-state index contributed by atoms with van der Waals surface area (Å²) in [5, 5.41) is 7.53. The molecule has 0 bridgehead atoms. The lowest BCUT2D eigenvalue weighted by atomic mass is 10.1. The molecule has 0 spiro atoms. The number of ether oxygens (including phenoxy) is 2. The molecule has 1 heterocycles. The summed E-state index contributed by atoms with van der Waals surface area (Å²) in [6.07, 6.45) is 0.863. The van der Waals surface area contributed by atoms with Crippen LogP contribution < -0.4 is 20.2 Å². The minimum atomic E-state index is -0.298. The topological polar surface area (TPSA) is 54.9 Å². The molecule has 130 valence electrons. The van der Waals surface area contributed by atoms with Gasteiger partial charge in [0.2, 0.25) is 0 Å². The lowest BCUT2D eigenvalue weighted by molar-refractivity contribution is 0.297. The first-order chi connectivity index (χ1) is 12.1. The summed E-state index contributed by atoms with van der Waals surface area (Å²) in [5.41, 5.74) is 5.11. The molecule has 5 nitrogen and oxygen atoms in total. The van der Waals surface area contributed by atoms with Gasteiger partial charge < -0.3 is 14.8 Å². The largest absolute Gasteiger partial charge is 0.490 e. The zero-order valence-electron chi connectivity index (χ0n) is 13.7. The maximum absolute atomic E-state index is 12.9. The molecule has 0 aliphatic carbocycles. The van der Waals surface area contributed by atoms with E-state index in [-0.39, 0.29) is 5.82 Å². The smallest absolute Gasteiger partial charge is 0.191 e. The number of fused-ring (bicyclic) bond motifs is 1. The Labute approximate surface area is 150 Å². The number of hydrazone groups is 1. The number of rotatable bonds is 3. The average molecular weight is 359 g/mol. The van der Waals surface area contributed by atoms with Crippen molar-refractivity contribution in [1.29, 1.82) is 0 Å². The van der Waals surface area contributed by atoms with Crippen LogP contribution in [-0.2, 0) is 0 Å². The highest BCUT2D eigenvalue weighted by atomic mass is 32.1.